The van der Waals surface area contributed by atoms with E-state index in [4.69, 9.17) is 18.9 Å². The van der Waals surface area contributed by atoms with Gasteiger partial charge in [0.25, 0.3) is 5.78 Å². The molecule has 1 unspecified atom stereocenters. The van der Waals surface area contributed by atoms with Crippen LogP contribution < -0.4 is 19.1 Å². The predicted molar refractivity (Wildman–Crippen MR) is 177 cm³/mol. The summed E-state index contributed by atoms with van der Waals surface area (Å²) in [6.07, 6.45) is 5.16. The Labute approximate surface area is 273 Å². The van der Waals surface area contributed by atoms with Crippen LogP contribution in [0.3, 0.4) is 0 Å². The number of ether oxygens (including phenoxy) is 4. The highest BCUT2D eigenvalue weighted by molar-refractivity contribution is 7.17. The quantitative estimate of drug-likeness (QED) is 0.0430. The second-order valence-electron chi connectivity index (χ2n) is 10.5. The van der Waals surface area contributed by atoms with Crippen LogP contribution in [0.2, 0.25) is 0 Å². The van der Waals surface area contributed by atoms with Gasteiger partial charge in [-0.15, -0.1) is 0 Å². The summed E-state index contributed by atoms with van der Waals surface area (Å²) in [4.78, 5) is 46.1. The first-order chi connectivity index (χ1) is 22.2. The second-order valence-corrected chi connectivity index (χ2v) is 11.5. The number of aliphatic hydroxyl groups excluding tert-OH is 1. The third-order valence-electron chi connectivity index (χ3n) is 7.19. The maximum Gasteiger partial charge on any atom is 0.350 e. The van der Waals surface area contributed by atoms with Gasteiger partial charge >= 0.3 is 11.9 Å². The van der Waals surface area contributed by atoms with E-state index in [9.17, 15) is 19.5 Å². The van der Waals surface area contributed by atoms with Gasteiger partial charge in [0.1, 0.15) is 23.0 Å². The third kappa shape index (κ3) is 7.59. The van der Waals surface area contributed by atoms with Crippen molar-refractivity contribution >= 4 is 39.9 Å². The van der Waals surface area contributed by atoms with Crippen molar-refractivity contribution in [3.05, 3.63) is 82.4 Å². The van der Waals surface area contributed by atoms with Crippen molar-refractivity contribution in [2.75, 3.05) is 31.3 Å². The van der Waals surface area contributed by atoms with E-state index in [1.165, 1.54) is 11.0 Å². The SMILES string of the molecule is C=CCOC(=O)c1sc(N2C(=O)C(=O)/C(=C(\O)c3ccc(OCCCC)cc3)C2c2ccc(OCCCC)c(OCC)c2)nc1C. The Kier molecular flexibility index (Phi) is 12.0. The number of anilines is 1. The number of thiazole rings is 1. The zero-order chi connectivity index (χ0) is 33.2. The number of hydrogen-bond donors (Lipinski definition) is 1. The lowest BCUT2D eigenvalue weighted by Gasteiger charge is -2.24. The summed E-state index contributed by atoms with van der Waals surface area (Å²) < 4.78 is 22.8. The fraction of sp³-hybridized carbons (Fsp3) is 0.371. The van der Waals surface area contributed by atoms with Crippen molar-refractivity contribution in [1.82, 2.24) is 4.98 Å². The van der Waals surface area contributed by atoms with Gasteiger partial charge in [0.2, 0.25) is 0 Å². The molecule has 0 radical (unpaired) electrons. The van der Waals surface area contributed by atoms with Crippen molar-refractivity contribution in [2.24, 2.45) is 0 Å². The van der Waals surface area contributed by atoms with Crippen LogP contribution in [0.25, 0.3) is 5.76 Å². The minimum atomic E-state index is -1.09. The van der Waals surface area contributed by atoms with Crippen molar-refractivity contribution in [3.8, 4) is 17.2 Å². The summed E-state index contributed by atoms with van der Waals surface area (Å²) in [7, 11) is 0. The van der Waals surface area contributed by atoms with Crippen LogP contribution in [0.1, 0.15) is 79.0 Å². The molecule has 1 amide bonds. The number of esters is 1. The van der Waals surface area contributed by atoms with Gasteiger partial charge in [0.15, 0.2) is 16.6 Å². The Morgan fingerprint density at radius 1 is 1.00 bits per heavy atom. The molecule has 0 aliphatic carbocycles. The first-order valence-electron chi connectivity index (χ1n) is 15.4. The molecule has 11 heteroatoms. The Hall–Kier alpha value is -4.64. The molecule has 2 aromatic carbocycles. The molecule has 1 atom stereocenters. The number of nitrogens with zero attached hydrogens (tertiary/aromatic N) is 2. The molecule has 1 aromatic heterocycles. The molecular formula is C35H40N2O8S. The molecule has 1 fully saturated rings. The molecule has 0 spiro atoms. The lowest BCUT2D eigenvalue weighted by atomic mass is 9.95. The zero-order valence-corrected chi connectivity index (χ0v) is 27.5. The minimum absolute atomic E-state index is 0.00529. The lowest BCUT2D eigenvalue weighted by molar-refractivity contribution is -0.132. The smallest absolute Gasteiger partial charge is 0.350 e. The summed E-state index contributed by atoms with van der Waals surface area (Å²) in [6, 6.07) is 10.7. The molecular weight excluding hydrogens is 608 g/mol. The normalized spacial score (nSPS) is 15.6. The summed E-state index contributed by atoms with van der Waals surface area (Å²) in [5.74, 6) is -1.20. The first kappa shape index (κ1) is 34.2. The van der Waals surface area contributed by atoms with E-state index >= 15 is 0 Å². The Morgan fingerprint density at radius 2 is 1.70 bits per heavy atom. The molecule has 0 saturated carbocycles. The van der Waals surface area contributed by atoms with Crippen LogP contribution in [-0.2, 0) is 14.3 Å². The van der Waals surface area contributed by atoms with E-state index in [1.54, 1.807) is 49.4 Å². The number of benzene rings is 2. The van der Waals surface area contributed by atoms with E-state index in [-0.39, 0.29) is 27.9 Å². The van der Waals surface area contributed by atoms with Crippen LogP contribution in [0, 0.1) is 6.92 Å². The molecule has 2 heterocycles. The molecule has 1 saturated heterocycles. The fourth-order valence-electron chi connectivity index (χ4n) is 4.83. The topological polar surface area (TPSA) is 124 Å². The van der Waals surface area contributed by atoms with Crippen LogP contribution >= 0.6 is 11.3 Å². The lowest BCUT2D eigenvalue weighted by Crippen LogP contribution is -2.29. The number of aromatic nitrogens is 1. The maximum atomic E-state index is 13.7. The summed E-state index contributed by atoms with van der Waals surface area (Å²) in [5, 5.41) is 11.7. The molecule has 0 bridgehead atoms. The monoisotopic (exact) mass is 648 g/mol. The van der Waals surface area contributed by atoms with Crippen molar-refractivity contribution in [3.63, 3.8) is 0 Å². The van der Waals surface area contributed by atoms with Crippen LogP contribution in [0.15, 0.2) is 60.7 Å². The standard InChI is InChI=1S/C35H40N2O8S/c1-6-10-19-43-25-15-12-23(13-16-25)30(38)28-29(24-14-17-26(44-20-11-7-2)27(21-24)42-9-4)37(33(40)31(28)39)35-36-22(5)32(46-35)34(41)45-18-8-3/h8,12-17,21,29,38H,3,6-7,9-11,18-20H2,1-2,4-5H3/b30-28-. The average molecular weight is 649 g/mol. The van der Waals surface area contributed by atoms with E-state index in [0.29, 0.717) is 53.9 Å². The largest absolute Gasteiger partial charge is 0.507 e. The van der Waals surface area contributed by atoms with Gasteiger partial charge in [-0.05, 0) is 68.7 Å². The highest BCUT2D eigenvalue weighted by atomic mass is 32.1. The van der Waals surface area contributed by atoms with Crippen LogP contribution in [-0.4, -0.2) is 54.2 Å². The highest BCUT2D eigenvalue weighted by Gasteiger charge is 2.48. The number of unbranched alkanes of at least 4 members (excludes halogenated alkanes) is 2. The second kappa shape index (κ2) is 16.1. The van der Waals surface area contributed by atoms with E-state index in [1.807, 2.05) is 6.92 Å². The number of amides is 1. The Bertz CT molecular complexity index is 1590. The maximum absolute atomic E-state index is 13.7. The molecule has 4 rings (SSSR count). The van der Waals surface area contributed by atoms with Gasteiger partial charge in [-0.25, -0.2) is 9.78 Å². The van der Waals surface area contributed by atoms with Gasteiger partial charge < -0.3 is 24.1 Å². The third-order valence-corrected chi connectivity index (χ3v) is 8.32. The van der Waals surface area contributed by atoms with Crippen molar-refractivity contribution in [1.29, 1.82) is 0 Å². The van der Waals surface area contributed by atoms with Crippen molar-refractivity contribution in [2.45, 2.75) is 59.4 Å². The molecule has 1 aliphatic rings. The average Bonchev–Trinajstić information content (AvgIpc) is 3.56. The van der Waals surface area contributed by atoms with Gasteiger partial charge in [0.05, 0.1) is 37.1 Å². The molecule has 1 N–H and O–H groups in total. The number of Topliss-reactive ketones (excluding diaryl/α,β-unsaturated/α-hetero) is 1. The van der Waals surface area contributed by atoms with Gasteiger partial charge in [-0.2, -0.15) is 0 Å². The number of carbonyl (C=O) groups is 3. The van der Waals surface area contributed by atoms with Gasteiger partial charge in [-0.1, -0.05) is 56.7 Å². The zero-order valence-electron chi connectivity index (χ0n) is 26.7. The molecule has 244 valence electrons. The van der Waals surface area contributed by atoms with Gasteiger partial charge in [0, 0.05) is 5.56 Å². The Morgan fingerprint density at radius 3 is 2.35 bits per heavy atom. The number of aliphatic hydroxyl groups is 1. The summed E-state index contributed by atoms with van der Waals surface area (Å²) in [5.41, 5.74) is 1.02. The van der Waals surface area contributed by atoms with E-state index < -0.39 is 23.7 Å². The van der Waals surface area contributed by atoms with E-state index in [0.717, 1.165) is 37.0 Å². The summed E-state index contributed by atoms with van der Waals surface area (Å²) >= 11 is 0.928. The number of carbonyl (C=O) groups excluding carboxylic acids is 3. The number of ketones is 1. The number of hydrogen-bond acceptors (Lipinski definition) is 10. The molecule has 1 aliphatic heterocycles. The Balaban J connectivity index is 1.84. The summed E-state index contributed by atoms with van der Waals surface area (Å²) in [6.45, 7) is 12.6. The molecule has 46 heavy (non-hydrogen) atoms. The number of aryl methyl sites for hydroxylation is 1. The highest BCUT2D eigenvalue weighted by Crippen LogP contribution is 2.45. The van der Waals surface area contributed by atoms with Crippen LogP contribution in [0.5, 0.6) is 17.2 Å². The minimum Gasteiger partial charge on any atom is -0.507 e. The first-order valence-corrected chi connectivity index (χ1v) is 16.3. The molecule has 10 nitrogen and oxygen atoms in total. The number of rotatable bonds is 16. The van der Waals surface area contributed by atoms with Crippen LogP contribution in [0.4, 0.5) is 5.13 Å². The molecule has 3 aromatic rings. The predicted octanol–water partition coefficient (Wildman–Crippen LogP) is 7.18. The van der Waals surface area contributed by atoms with Gasteiger partial charge in [-0.3, -0.25) is 14.5 Å². The van der Waals surface area contributed by atoms with E-state index in [2.05, 4.69) is 25.4 Å². The van der Waals surface area contributed by atoms with Crippen molar-refractivity contribution < 1.29 is 38.4 Å². The fourth-order valence-corrected chi connectivity index (χ4v) is 5.82.